The van der Waals surface area contributed by atoms with Crippen molar-refractivity contribution in [1.82, 2.24) is 5.32 Å². The highest BCUT2D eigenvalue weighted by molar-refractivity contribution is 4.96. The van der Waals surface area contributed by atoms with Crippen molar-refractivity contribution in [2.45, 2.75) is 51.6 Å². The number of hydrogen-bond acceptors (Lipinski definition) is 2. The average Bonchev–Trinajstić information content (AvgIpc) is 2.46. The molecule has 0 aromatic rings. The molecule has 2 aliphatic heterocycles. The molecule has 2 fully saturated rings. The Labute approximate surface area is 87.4 Å². The van der Waals surface area contributed by atoms with E-state index in [0.29, 0.717) is 5.41 Å². The average molecular weight is 197 g/mol. The lowest BCUT2D eigenvalue weighted by Gasteiger charge is -2.33. The Morgan fingerprint density at radius 1 is 1.29 bits per heavy atom. The predicted molar refractivity (Wildman–Crippen MR) is 58.4 cm³/mol. The Bertz CT molecular complexity index is 198. The third-order valence-electron chi connectivity index (χ3n) is 3.92. The highest BCUT2D eigenvalue weighted by atomic mass is 16.5. The van der Waals surface area contributed by atoms with Crippen LogP contribution >= 0.6 is 0 Å². The van der Waals surface area contributed by atoms with E-state index in [9.17, 15) is 0 Å². The van der Waals surface area contributed by atoms with Crippen molar-refractivity contribution in [3.63, 3.8) is 0 Å². The molecule has 2 saturated heterocycles. The molecule has 2 heteroatoms. The molecule has 0 saturated carbocycles. The topological polar surface area (TPSA) is 21.3 Å². The van der Waals surface area contributed by atoms with Gasteiger partial charge >= 0.3 is 0 Å². The fourth-order valence-corrected chi connectivity index (χ4v) is 3.19. The van der Waals surface area contributed by atoms with E-state index in [0.717, 1.165) is 6.61 Å². The second kappa shape index (κ2) is 3.82. The van der Waals surface area contributed by atoms with Crippen LogP contribution in [0.25, 0.3) is 0 Å². The molecule has 1 atom stereocenters. The van der Waals surface area contributed by atoms with Gasteiger partial charge in [0.1, 0.15) is 0 Å². The molecular formula is C12H23NO. The van der Waals surface area contributed by atoms with Crippen LogP contribution in [0, 0.1) is 5.41 Å². The van der Waals surface area contributed by atoms with Gasteiger partial charge in [-0.25, -0.2) is 0 Å². The van der Waals surface area contributed by atoms with E-state index in [2.05, 4.69) is 19.2 Å². The van der Waals surface area contributed by atoms with E-state index in [1.807, 2.05) is 0 Å². The Kier molecular flexibility index (Phi) is 2.85. The normalized spacial score (nSPS) is 36.4. The van der Waals surface area contributed by atoms with Gasteiger partial charge in [-0.15, -0.1) is 0 Å². The molecule has 1 N–H and O–H groups in total. The summed E-state index contributed by atoms with van der Waals surface area (Å²) in [5.41, 5.74) is 0.710. The van der Waals surface area contributed by atoms with Crippen LogP contribution in [0.1, 0.15) is 46.0 Å². The maximum atomic E-state index is 6.05. The van der Waals surface area contributed by atoms with Gasteiger partial charge in [-0.3, -0.25) is 0 Å². The van der Waals surface area contributed by atoms with Gasteiger partial charge in [-0.2, -0.15) is 0 Å². The first kappa shape index (κ1) is 10.4. The van der Waals surface area contributed by atoms with Crippen molar-refractivity contribution in [1.29, 1.82) is 0 Å². The van der Waals surface area contributed by atoms with Crippen LogP contribution in [0.4, 0.5) is 0 Å². The first-order valence-corrected chi connectivity index (χ1v) is 6.03. The molecular weight excluding hydrogens is 174 g/mol. The van der Waals surface area contributed by atoms with Crippen LogP contribution in [-0.4, -0.2) is 25.3 Å². The van der Waals surface area contributed by atoms with Gasteiger partial charge in [-0.05, 0) is 51.1 Å². The summed E-state index contributed by atoms with van der Waals surface area (Å²) >= 11 is 0. The summed E-state index contributed by atoms with van der Waals surface area (Å²) in [5.74, 6) is 0. The molecule has 0 radical (unpaired) electrons. The lowest BCUT2D eigenvalue weighted by atomic mass is 9.74. The second-order valence-electron chi connectivity index (χ2n) is 5.42. The first-order chi connectivity index (χ1) is 6.68. The molecule has 2 rings (SSSR count). The lowest BCUT2D eigenvalue weighted by molar-refractivity contribution is 0.00799. The number of piperidine rings is 1. The molecule has 0 bridgehead atoms. The minimum absolute atomic E-state index is 0.187. The summed E-state index contributed by atoms with van der Waals surface area (Å²) in [5, 5.41) is 3.44. The van der Waals surface area contributed by atoms with Crippen molar-refractivity contribution in [3.8, 4) is 0 Å². The summed E-state index contributed by atoms with van der Waals surface area (Å²) in [4.78, 5) is 0. The molecule has 82 valence electrons. The summed E-state index contributed by atoms with van der Waals surface area (Å²) in [7, 11) is 0. The van der Waals surface area contributed by atoms with Crippen molar-refractivity contribution in [2.75, 3.05) is 19.7 Å². The lowest BCUT2D eigenvalue weighted by Crippen LogP contribution is -2.37. The molecule has 14 heavy (non-hydrogen) atoms. The Morgan fingerprint density at radius 2 is 2.00 bits per heavy atom. The Hall–Kier alpha value is -0.0800. The summed E-state index contributed by atoms with van der Waals surface area (Å²) in [6.07, 6.45) is 6.38. The highest BCUT2D eigenvalue weighted by Gasteiger charge is 2.46. The predicted octanol–water partition coefficient (Wildman–Crippen LogP) is 2.34. The van der Waals surface area contributed by atoms with Gasteiger partial charge in [0.15, 0.2) is 0 Å². The molecule has 1 unspecified atom stereocenters. The minimum Gasteiger partial charge on any atom is -0.375 e. The van der Waals surface area contributed by atoms with E-state index in [4.69, 9.17) is 4.74 Å². The van der Waals surface area contributed by atoms with E-state index in [1.165, 1.54) is 45.2 Å². The van der Waals surface area contributed by atoms with E-state index in [1.54, 1.807) is 0 Å². The highest BCUT2D eigenvalue weighted by Crippen LogP contribution is 2.46. The maximum Gasteiger partial charge on any atom is 0.0660 e. The van der Waals surface area contributed by atoms with Crippen LogP contribution in [0.5, 0.6) is 0 Å². The Morgan fingerprint density at radius 3 is 2.64 bits per heavy atom. The van der Waals surface area contributed by atoms with Gasteiger partial charge in [0, 0.05) is 0 Å². The van der Waals surface area contributed by atoms with E-state index >= 15 is 0 Å². The molecule has 2 nitrogen and oxygen atoms in total. The second-order valence-corrected chi connectivity index (χ2v) is 5.42. The fourth-order valence-electron chi connectivity index (χ4n) is 3.19. The van der Waals surface area contributed by atoms with Crippen LogP contribution in [0.2, 0.25) is 0 Å². The molecule has 0 aromatic heterocycles. The smallest absolute Gasteiger partial charge is 0.0660 e. The number of rotatable bonds is 2. The van der Waals surface area contributed by atoms with E-state index in [-0.39, 0.29) is 5.60 Å². The third kappa shape index (κ3) is 1.96. The number of nitrogens with one attached hydrogen (secondary N) is 1. The fraction of sp³-hybridized carbons (Fsp3) is 1.00. The first-order valence-electron chi connectivity index (χ1n) is 6.03. The van der Waals surface area contributed by atoms with Crippen molar-refractivity contribution < 1.29 is 4.74 Å². The molecule has 1 spiro atoms. The monoisotopic (exact) mass is 197 g/mol. The molecule has 0 aliphatic carbocycles. The summed E-state index contributed by atoms with van der Waals surface area (Å²) in [6, 6.07) is 0. The molecule has 2 heterocycles. The third-order valence-corrected chi connectivity index (χ3v) is 3.92. The number of ether oxygens (including phenoxy) is 1. The van der Waals surface area contributed by atoms with Crippen molar-refractivity contribution >= 4 is 0 Å². The molecule has 0 aromatic carbocycles. The van der Waals surface area contributed by atoms with Gasteiger partial charge in [-0.1, -0.05) is 13.3 Å². The van der Waals surface area contributed by atoms with Gasteiger partial charge in [0.2, 0.25) is 0 Å². The zero-order valence-electron chi connectivity index (χ0n) is 9.57. The van der Waals surface area contributed by atoms with Crippen molar-refractivity contribution in [3.05, 3.63) is 0 Å². The van der Waals surface area contributed by atoms with E-state index < -0.39 is 0 Å². The zero-order valence-corrected chi connectivity index (χ0v) is 9.57. The molecule has 0 amide bonds. The van der Waals surface area contributed by atoms with Crippen LogP contribution in [0.3, 0.4) is 0 Å². The quantitative estimate of drug-likeness (QED) is 0.733. The van der Waals surface area contributed by atoms with Gasteiger partial charge in [0.25, 0.3) is 0 Å². The van der Waals surface area contributed by atoms with Crippen LogP contribution in [0.15, 0.2) is 0 Å². The van der Waals surface area contributed by atoms with Gasteiger partial charge in [0.05, 0.1) is 12.2 Å². The largest absolute Gasteiger partial charge is 0.375 e. The van der Waals surface area contributed by atoms with Crippen LogP contribution < -0.4 is 5.32 Å². The Balaban J connectivity index is 1.98. The maximum absolute atomic E-state index is 6.05. The summed E-state index contributed by atoms with van der Waals surface area (Å²) < 4.78 is 6.05. The SMILES string of the molecule is CCCC1(C)CC2(CCNCC2)CO1. The molecule has 2 aliphatic rings. The van der Waals surface area contributed by atoms with Gasteiger partial charge < -0.3 is 10.1 Å². The zero-order chi connectivity index (χ0) is 10.1. The number of hydrogen-bond donors (Lipinski definition) is 1. The summed E-state index contributed by atoms with van der Waals surface area (Å²) in [6.45, 7) is 7.93. The minimum atomic E-state index is 0.187. The van der Waals surface area contributed by atoms with Crippen LogP contribution in [-0.2, 0) is 4.74 Å². The standard InChI is InChI=1S/C12H23NO/c1-3-4-11(2)9-12(10-14-11)5-7-13-8-6-12/h13H,3-10H2,1-2H3. The van der Waals surface area contributed by atoms with Crippen molar-refractivity contribution in [2.24, 2.45) is 5.41 Å².